The largest absolute Gasteiger partial charge is 0.358 e. The van der Waals surface area contributed by atoms with Crippen molar-refractivity contribution in [3.63, 3.8) is 0 Å². The van der Waals surface area contributed by atoms with Crippen LogP contribution in [0.25, 0.3) is 22.3 Å². The zero-order valence-corrected chi connectivity index (χ0v) is 22.3. The Morgan fingerprint density at radius 1 is 1.03 bits per heavy atom. The van der Waals surface area contributed by atoms with Gasteiger partial charge in [0.1, 0.15) is 5.82 Å². The Hall–Kier alpha value is -2.37. The maximum Gasteiger partial charge on any atom is 0.140 e. The number of hydrogen-bond acceptors (Lipinski definition) is 1. The standard InChI is InChI=1S/C22H20BrN3.C3H5Br.C2H6/c1-3-6-19-20(13-15-9-11-16(23)12-10-15)26-22(25-19)21-14(2)24-18-8-5-4-7-17(18)21;1-2-3-4;1-2/h3-5,7-12,24H,1,6,13H2,2H3,(H,25,26);2-3H,1H3;1-2H3/b;3-2+;. The molecule has 0 aliphatic carbocycles. The molecule has 0 amide bonds. The molecule has 2 aromatic carbocycles. The molecule has 0 spiro atoms. The molecule has 5 heteroatoms. The molecule has 2 aromatic heterocycles. The summed E-state index contributed by atoms with van der Waals surface area (Å²) >= 11 is 6.56. The summed E-state index contributed by atoms with van der Waals surface area (Å²) in [5, 5.41) is 1.19. The van der Waals surface area contributed by atoms with Crippen LogP contribution in [0.1, 0.15) is 43.4 Å². The minimum absolute atomic E-state index is 0.754. The van der Waals surface area contributed by atoms with E-state index in [0.717, 1.165) is 51.3 Å². The molecule has 168 valence electrons. The predicted octanol–water partition coefficient (Wildman–Crippen LogP) is 8.89. The molecule has 0 saturated heterocycles. The van der Waals surface area contributed by atoms with Gasteiger partial charge in [-0.15, -0.1) is 6.58 Å². The Bertz CT molecular complexity index is 1150. The average Bonchev–Trinajstić information content (AvgIpc) is 3.36. The van der Waals surface area contributed by atoms with E-state index in [0.29, 0.717) is 0 Å². The van der Waals surface area contributed by atoms with Crippen LogP contribution in [-0.2, 0) is 12.8 Å². The van der Waals surface area contributed by atoms with Crippen LogP contribution in [0.2, 0.25) is 0 Å². The van der Waals surface area contributed by atoms with Crippen LogP contribution >= 0.6 is 31.9 Å². The molecule has 0 aliphatic heterocycles. The van der Waals surface area contributed by atoms with E-state index >= 15 is 0 Å². The van der Waals surface area contributed by atoms with Gasteiger partial charge in [-0.2, -0.15) is 0 Å². The van der Waals surface area contributed by atoms with E-state index in [4.69, 9.17) is 4.98 Å². The Balaban J connectivity index is 0.000000547. The number of aryl methyl sites for hydroxylation is 1. The van der Waals surface area contributed by atoms with Gasteiger partial charge in [0, 0.05) is 45.2 Å². The molecule has 32 heavy (non-hydrogen) atoms. The van der Waals surface area contributed by atoms with Crippen LogP contribution in [0.5, 0.6) is 0 Å². The molecular weight excluding hydrogens is 526 g/mol. The van der Waals surface area contributed by atoms with Gasteiger partial charge in [0.25, 0.3) is 0 Å². The molecule has 0 atom stereocenters. The summed E-state index contributed by atoms with van der Waals surface area (Å²) < 4.78 is 1.09. The monoisotopic (exact) mass is 555 g/mol. The van der Waals surface area contributed by atoms with Crippen LogP contribution in [-0.4, -0.2) is 15.0 Å². The highest BCUT2D eigenvalue weighted by Crippen LogP contribution is 2.31. The minimum atomic E-state index is 0.754. The van der Waals surface area contributed by atoms with Crippen LogP contribution in [0.15, 0.2) is 76.7 Å². The lowest BCUT2D eigenvalue weighted by atomic mass is 10.1. The number of aromatic amines is 2. The highest BCUT2D eigenvalue weighted by molar-refractivity contribution is 9.11. The van der Waals surface area contributed by atoms with Crippen LogP contribution < -0.4 is 0 Å². The molecule has 0 unspecified atom stereocenters. The predicted molar refractivity (Wildman–Crippen MR) is 147 cm³/mol. The number of aromatic nitrogens is 3. The third kappa shape index (κ3) is 6.57. The number of para-hydroxylation sites is 1. The summed E-state index contributed by atoms with van der Waals surface area (Å²) in [6.45, 7) is 11.9. The number of nitrogens with one attached hydrogen (secondary N) is 2. The fraction of sp³-hybridized carbons (Fsp3) is 0.222. The fourth-order valence-corrected chi connectivity index (χ4v) is 3.67. The van der Waals surface area contributed by atoms with Crippen molar-refractivity contribution in [3.05, 3.63) is 99.4 Å². The van der Waals surface area contributed by atoms with Gasteiger partial charge in [0.05, 0.1) is 5.69 Å². The first-order valence-electron chi connectivity index (χ1n) is 10.8. The van der Waals surface area contributed by atoms with Crippen molar-refractivity contribution in [2.45, 2.75) is 40.5 Å². The first kappa shape index (κ1) is 25.9. The minimum Gasteiger partial charge on any atom is -0.358 e. The number of nitrogens with zero attached hydrogens (tertiary/aromatic N) is 1. The van der Waals surface area contributed by atoms with Crippen molar-refractivity contribution in [2.75, 3.05) is 0 Å². The van der Waals surface area contributed by atoms with E-state index in [9.17, 15) is 0 Å². The Morgan fingerprint density at radius 3 is 2.31 bits per heavy atom. The molecule has 0 aliphatic rings. The van der Waals surface area contributed by atoms with E-state index in [2.05, 4.69) is 97.8 Å². The van der Waals surface area contributed by atoms with E-state index in [1.165, 1.54) is 10.9 Å². The summed E-state index contributed by atoms with van der Waals surface area (Å²) in [4.78, 5) is 13.8. The number of benzene rings is 2. The number of allylic oxidation sites excluding steroid dienone is 2. The van der Waals surface area contributed by atoms with Gasteiger partial charge in [-0.1, -0.05) is 88.2 Å². The molecule has 2 N–H and O–H groups in total. The summed E-state index contributed by atoms with van der Waals surface area (Å²) in [6, 6.07) is 16.8. The SMILES string of the molecule is C/C=C/Br.C=CCc1nc(-c2c(C)[nH]c3ccccc23)[nH]c1Cc1ccc(Br)cc1.CC. The molecule has 4 aromatic rings. The highest BCUT2D eigenvalue weighted by Gasteiger charge is 2.16. The van der Waals surface area contributed by atoms with Gasteiger partial charge in [-0.25, -0.2) is 4.98 Å². The Kier molecular flexibility index (Phi) is 10.7. The summed E-state index contributed by atoms with van der Waals surface area (Å²) in [6.07, 6.45) is 5.40. The first-order chi connectivity index (χ1) is 15.6. The lowest BCUT2D eigenvalue weighted by molar-refractivity contribution is 1.04. The topological polar surface area (TPSA) is 44.5 Å². The summed E-state index contributed by atoms with van der Waals surface area (Å²) in [5.74, 6) is 0.920. The summed E-state index contributed by atoms with van der Waals surface area (Å²) in [7, 11) is 0. The third-order valence-electron chi connectivity index (χ3n) is 4.75. The molecule has 0 saturated carbocycles. The fourth-order valence-electron chi connectivity index (χ4n) is 3.40. The van der Waals surface area contributed by atoms with Crippen LogP contribution in [0, 0.1) is 6.92 Å². The smallest absolute Gasteiger partial charge is 0.140 e. The van der Waals surface area contributed by atoms with Crippen LogP contribution in [0.3, 0.4) is 0 Å². The summed E-state index contributed by atoms with van der Waals surface area (Å²) in [5.41, 5.74) is 6.86. The van der Waals surface area contributed by atoms with E-state index in [1.807, 2.05) is 44.0 Å². The van der Waals surface area contributed by atoms with Crippen molar-refractivity contribution in [3.8, 4) is 11.4 Å². The van der Waals surface area contributed by atoms with Gasteiger partial charge in [0.15, 0.2) is 0 Å². The molecule has 0 radical (unpaired) electrons. The molecule has 0 bridgehead atoms. The van der Waals surface area contributed by atoms with Gasteiger partial charge in [-0.3, -0.25) is 0 Å². The molecule has 2 heterocycles. The van der Waals surface area contributed by atoms with Gasteiger partial charge in [-0.05, 0) is 42.6 Å². The van der Waals surface area contributed by atoms with E-state index in [1.54, 1.807) is 0 Å². The zero-order valence-electron chi connectivity index (χ0n) is 19.2. The average molecular weight is 557 g/mol. The van der Waals surface area contributed by atoms with Gasteiger partial charge >= 0.3 is 0 Å². The lowest BCUT2D eigenvalue weighted by Gasteiger charge is -2.02. The van der Waals surface area contributed by atoms with Gasteiger partial charge in [0.2, 0.25) is 0 Å². The molecule has 0 fully saturated rings. The van der Waals surface area contributed by atoms with Crippen molar-refractivity contribution in [1.82, 2.24) is 15.0 Å². The maximum absolute atomic E-state index is 4.91. The van der Waals surface area contributed by atoms with Crippen molar-refractivity contribution >= 4 is 42.8 Å². The van der Waals surface area contributed by atoms with Crippen LogP contribution in [0.4, 0.5) is 0 Å². The molecule has 4 rings (SSSR count). The first-order valence-corrected chi connectivity index (χ1v) is 12.5. The number of H-pyrrole nitrogens is 2. The van der Waals surface area contributed by atoms with Crippen molar-refractivity contribution < 1.29 is 0 Å². The number of halogens is 2. The second-order valence-electron chi connectivity index (χ2n) is 6.94. The van der Waals surface area contributed by atoms with E-state index in [-0.39, 0.29) is 0 Å². The Labute approximate surface area is 208 Å². The lowest BCUT2D eigenvalue weighted by Crippen LogP contribution is -1.94. The maximum atomic E-state index is 4.91. The second kappa shape index (κ2) is 13.2. The molecule has 3 nitrogen and oxygen atoms in total. The molecular formula is C27H31Br2N3. The number of rotatable bonds is 5. The van der Waals surface area contributed by atoms with Crippen molar-refractivity contribution in [1.29, 1.82) is 0 Å². The quantitative estimate of drug-likeness (QED) is 0.237. The van der Waals surface area contributed by atoms with Crippen molar-refractivity contribution in [2.24, 2.45) is 0 Å². The second-order valence-corrected chi connectivity index (χ2v) is 8.38. The third-order valence-corrected chi connectivity index (χ3v) is 5.81. The zero-order chi connectivity index (χ0) is 23.5. The number of fused-ring (bicyclic) bond motifs is 1. The Morgan fingerprint density at radius 2 is 1.69 bits per heavy atom. The number of hydrogen-bond donors (Lipinski definition) is 2. The normalized spacial score (nSPS) is 10.4. The van der Waals surface area contributed by atoms with Gasteiger partial charge < -0.3 is 9.97 Å². The van der Waals surface area contributed by atoms with E-state index < -0.39 is 0 Å². The number of imidazole rings is 1. The highest BCUT2D eigenvalue weighted by atomic mass is 79.9.